The number of rotatable bonds is 6. The van der Waals surface area contributed by atoms with Crippen molar-refractivity contribution in [2.24, 2.45) is 5.92 Å². The van der Waals surface area contributed by atoms with Crippen LogP contribution in [0.15, 0.2) is 41.3 Å². The Morgan fingerprint density at radius 3 is 2.47 bits per heavy atom. The van der Waals surface area contributed by atoms with Crippen LogP contribution in [0.3, 0.4) is 0 Å². The van der Waals surface area contributed by atoms with E-state index in [0.29, 0.717) is 16.8 Å². The Hall–Kier alpha value is -1.93. The number of halogens is 1. The zero-order valence-electron chi connectivity index (χ0n) is 17.5. The first-order valence-corrected chi connectivity index (χ1v) is 12.0. The molecule has 1 aliphatic rings. The number of sulfonamides is 1. The Morgan fingerprint density at radius 1 is 1.13 bits per heavy atom. The Balaban J connectivity index is 1.79. The first kappa shape index (κ1) is 22.7. The quantitative estimate of drug-likeness (QED) is 0.624. The minimum Gasteiger partial charge on any atom is -0.322 e. The van der Waals surface area contributed by atoms with Gasteiger partial charge in [-0.15, -0.1) is 0 Å². The van der Waals surface area contributed by atoms with Crippen molar-refractivity contribution in [2.75, 3.05) is 18.4 Å². The van der Waals surface area contributed by atoms with E-state index in [-0.39, 0.29) is 27.8 Å². The Labute approximate surface area is 183 Å². The first-order valence-electron chi connectivity index (χ1n) is 10.1. The van der Waals surface area contributed by atoms with Crippen LogP contribution >= 0.6 is 11.6 Å². The van der Waals surface area contributed by atoms with Crippen LogP contribution in [-0.2, 0) is 10.0 Å². The average Bonchev–Trinajstić information content (AvgIpc) is 2.71. The van der Waals surface area contributed by atoms with E-state index in [9.17, 15) is 13.2 Å². The molecule has 0 saturated carbocycles. The fraction of sp³-hybridized carbons (Fsp3) is 0.409. The molecule has 2 aromatic rings. The summed E-state index contributed by atoms with van der Waals surface area (Å²) in [6, 6.07) is 10.1. The molecule has 3 N–H and O–H groups in total. The van der Waals surface area contributed by atoms with E-state index in [1.807, 2.05) is 26.0 Å². The second kappa shape index (κ2) is 9.47. The van der Waals surface area contributed by atoms with Crippen molar-refractivity contribution in [3.05, 3.63) is 58.1 Å². The van der Waals surface area contributed by atoms with Gasteiger partial charge in [-0.25, -0.2) is 13.1 Å². The maximum Gasteiger partial charge on any atom is 0.255 e. The van der Waals surface area contributed by atoms with Gasteiger partial charge in [0.25, 0.3) is 5.91 Å². The number of nitrogens with one attached hydrogen (secondary N) is 3. The molecule has 162 valence electrons. The van der Waals surface area contributed by atoms with Gasteiger partial charge in [-0.3, -0.25) is 4.79 Å². The minimum absolute atomic E-state index is 0.0244. The van der Waals surface area contributed by atoms with Gasteiger partial charge in [-0.05, 0) is 81.9 Å². The molecule has 0 unspecified atom stereocenters. The zero-order valence-corrected chi connectivity index (χ0v) is 19.0. The lowest BCUT2D eigenvalue weighted by atomic mass is 9.92. The van der Waals surface area contributed by atoms with Gasteiger partial charge >= 0.3 is 0 Å². The molecule has 0 aliphatic carbocycles. The lowest BCUT2D eigenvalue weighted by molar-refractivity contribution is 0.102. The third kappa shape index (κ3) is 5.21. The predicted octanol–water partition coefficient (Wildman–Crippen LogP) is 3.88. The largest absolute Gasteiger partial charge is 0.322 e. The van der Waals surface area contributed by atoms with Crippen LogP contribution in [-0.4, -0.2) is 33.5 Å². The lowest BCUT2D eigenvalue weighted by Gasteiger charge is -2.28. The summed E-state index contributed by atoms with van der Waals surface area (Å²) in [6.45, 7) is 7.29. The molecule has 1 fully saturated rings. The number of benzene rings is 2. The van der Waals surface area contributed by atoms with Crippen molar-refractivity contribution in [1.29, 1.82) is 0 Å². The number of hydrogen-bond donors (Lipinski definition) is 3. The Kier molecular flexibility index (Phi) is 7.18. The highest BCUT2D eigenvalue weighted by molar-refractivity contribution is 7.89. The fourth-order valence-corrected chi connectivity index (χ4v) is 5.69. The molecule has 0 aromatic heterocycles. The molecule has 1 amide bonds. The van der Waals surface area contributed by atoms with E-state index in [0.717, 1.165) is 31.5 Å². The van der Waals surface area contributed by atoms with E-state index in [1.165, 1.54) is 12.1 Å². The van der Waals surface area contributed by atoms with E-state index in [4.69, 9.17) is 11.6 Å². The van der Waals surface area contributed by atoms with Crippen molar-refractivity contribution in [1.82, 2.24) is 10.0 Å². The Bertz CT molecular complexity index is 1030. The molecule has 0 radical (unpaired) electrons. The third-order valence-corrected chi connectivity index (χ3v) is 7.66. The molecule has 1 aliphatic heterocycles. The van der Waals surface area contributed by atoms with Crippen LogP contribution in [0.5, 0.6) is 0 Å². The van der Waals surface area contributed by atoms with Crippen LogP contribution < -0.4 is 15.4 Å². The molecule has 0 bridgehead atoms. The normalized spacial score (nSPS) is 16.3. The number of aryl methyl sites for hydroxylation is 2. The smallest absolute Gasteiger partial charge is 0.255 e. The summed E-state index contributed by atoms with van der Waals surface area (Å²) < 4.78 is 28.7. The van der Waals surface area contributed by atoms with Crippen molar-refractivity contribution < 1.29 is 13.2 Å². The molecule has 8 heteroatoms. The molecule has 1 heterocycles. The second-order valence-corrected chi connectivity index (χ2v) is 9.95. The number of amides is 1. The van der Waals surface area contributed by atoms with Gasteiger partial charge in [0.05, 0.1) is 5.02 Å². The highest BCUT2D eigenvalue weighted by Crippen LogP contribution is 2.30. The third-order valence-electron chi connectivity index (χ3n) is 5.64. The molecule has 0 spiro atoms. The van der Waals surface area contributed by atoms with Crippen LogP contribution in [0.25, 0.3) is 0 Å². The standard InChI is InChI=1S/C22H28ClN3O3S/c1-14-6-4-5-7-18(14)22(27)25-20-13-19(23)21(12-15(20)2)30(28,29)26-16(3)17-8-10-24-11-9-17/h4-7,12-13,16-17,24,26H,8-11H2,1-3H3,(H,25,27)/t16-/m1/s1. The first-order chi connectivity index (χ1) is 14.2. The number of carbonyl (C=O) groups excluding carboxylic acids is 1. The molecule has 3 rings (SSSR count). The van der Waals surface area contributed by atoms with Crippen molar-refractivity contribution >= 4 is 33.2 Å². The number of piperidine rings is 1. The maximum atomic E-state index is 13.0. The highest BCUT2D eigenvalue weighted by atomic mass is 35.5. The summed E-state index contributed by atoms with van der Waals surface area (Å²) >= 11 is 6.34. The molecular formula is C22H28ClN3O3S. The van der Waals surface area contributed by atoms with E-state index in [2.05, 4.69) is 15.4 Å². The summed E-state index contributed by atoms with van der Waals surface area (Å²) in [6.07, 6.45) is 1.86. The van der Waals surface area contributed by atoms with Gasteiger partial charge in [-0.2, -0.15) is 0 Å². The molecule has 2 aromatic carbocycles. The summed E-state index contributed by atoms with van der Waals surface area (Å²) in [5.41, 5.74) is 2.52. The highest BCUT2D eigenvalue weighted by Gasteiger charge is 2.27. The summed E-state index contributed by atoms with van der Waals surface area (Å²) in [5.74, 6) is 0.0223. The summed E-state index contributed by atoms with van der Waals surface area (Å²) in [5, 5.41) is 6.19. The van der Waals surface area contributed by atoms with E-state index in [1.54, 1.807) is 19.1 Å². The minimum atomic E-state index is -3.78. The summed E-state index contributed by atoms with van der Waals surface area (Å²) in [4.78, 5) is 12.6. The van der Waals surface area contributed by atoms with Crippen LogP contribution in [0.4, 0.5) is 5.69 Å². The number of hydrogen-bond acceptors (Lipinski definition) is 4. The van der Waals surface area contributed by atoms with Crippen molar-refractivity contribution in [3.8, 4) is 0 Å². The molecule has 1 saturated heterocycles. The number of carbonyl (C=O) groups is 1. The van der Waals surface area contributed by atoms with Gasteiger partial charge in [0, 0.05) is 17.3 Å². The second-order valence-electron chi connectivity index (χ2n) is 7.86. The topological polar surface area (TPSA) is 87.3 Å². The monoisotopic (exact) mass is 449 g/mol. The lowest BCUT2D eigenvalue weighted by Crippen LogP contribution is -2.42. The van der Waals surface area contributed by atoms with Gasteiger partial charge in [0.1, 0.15) is 4.90 Å². The van der Waals surface area contributed by atoms with Crippen LogP contribution in [0, 0.1) is 19.8 Å². The Morgan fingerprint density at radius 2 is 1.80 bits per heavy atom. The van der Waals surface area contributed by atoms with Crippen molar-refractivity contribution in [3.63, 3.8) is 0 Å². The predicted molar refractivity (Wildman–Crippen MR) is 121 cm³/mol. The van der Waals surface area contributed by atoms with Crippen molar-refractivity contribution in [2.45, 2.75) is 44.6 Å². The molecule has 1 atom stereocenters. The fourth-order valence-electron chi connectivity index (χ4n) is 3.76. The van der Waals surface area contributed by atoms with Crippen LogP contribution in [0.1, 0.15) is 41.3 Å². The average molecular weight is 450 g/mol. The SMILES string of the molecule is Cc1cc(S(=O)(=O)N[C@H](C)C2CCNCC2)c(Cl)cc1NC(=O)c1ccccc1C. The molecular weight excluding hydrogens is 422 g/mol. The maximum absolute atomic E-state index is 13.0. The van der Waals surface area contributed by atoms with Gasteiger partial charge in [0.2, 0.25) is 10.0 Å². The molecule has 30 heavy (non-hydrogen) atoms. The van der Waals surface area contributed by atoms with Gasteiger partial charge in [0.15, 0.2) is 0 Å². The van der Waals surface area contributed by atoms with Gasteiger partial charge in [-0.1, -0.05) is 29.8 Å². The van der Waals surface area contributed by atoms with E-state index >= 15 is 0 Å². The summed E-state index contributed by atoms with van der Waals surface area (Å²) in [7, 11) is -3.78. The van der Waals surface area contributed by atoms with E-state index < -0.39 is 10.0 Å². The van der Waals surface area contributed by atoms with Gasteiger partial charge < -0.3 is 10.6 Å². The number of anilines is 1. The van der Waals surface area contributed by atoms with Crippen LogP contribution in [0.2, 0.25) is 5.02 Å². The molecule has 6 nitrogen and oxygen atoms in total. The zero-order chi connectivity index (χ0) is 21.9.